The number of carboxylic acid groups (broad SMARTS) is 1. The van der Waals surface area contributed by atoms with E-state index in [-0.39, 0.29) is 41.8 Å². The minimum atomic E-state index is -5.08. The fraction of sp³-hybridized carbons (Fsp3) is 0.261. The van der Waals surface area contributed by atoms with Gasteiger partial charge in [-0.05, 0) is 48.8 Å². The number of amides is 1. The lowest BCUT2D eigenvalue weighted by molar-refractivity contribution is -0.192. The fourth-order valence-electron chi connectivity index (χ4n) is 3.16. The maximum absolute atomic E-state index is 13.1. The second-order valence-corrected chi connectivity index (χ2v) is 9.88. The number of alkyl halides is 3. The summed E-state index contributed by atoms with van der Waals surface area (Å²) < 4.78 is 61.4. The number of nitrogens with one attached hydrogen (secondary N) is 2. The molecule has 0 unspecified atom stereocenters. The Morgan fingerprint density at radius 2 is 1.83 bits per heavy atom. The molecular formula is C23H26F3N7O7S. The molecule has 3 rings (SSSR count). The van der Waals surface area contributed by atoms with Crippen LogP contribution in [0.2, 0.25) is 0 Å². The molecule has 18 heteroatoms. The number of rotatable bonds is 9. The van der Waals surface area contributed by atoms with E-state index < -0.39 is 33.6 Å². The number of carbonyl (C=O) groups excluding carboxylic acids is 1. The first kappa shape index (κ1) is 32.3. The SMILES string of the molecule is Cc1cnc2c(S(=O)(=O)Nc3ccc(C)n(CC(=O)NCCON=C(N)N)c3=O)cccc2c1.O=C(O)C(F)(F)F. The summed E-state index contributed by atoms with van der Waals surface area (Å²) in [5.74, 6) is -3.48. The number of anilines is 1. The number of pyridine rings is 2. The zero-order chi connectivity index (χ0) is 31.0. The first-order valence-corrected chi connectivity index (χ1v) is 12.9. The molecule has 14 nitrogen and oxygen atoms in total. The number of para-hydroxylation sites is 1. The minimum Gasteiger partial charge on any atom is -0.475 e. The number of aryl methyl sites for hydroxylation is 2. The van der Waals surface area contributed by atoms with Crippen molar-refractivity contribution in [2.75, 3.05) is 17.9 Å². The molecule has 0 bridgehead atoms. The molecule has 0 atom stereocenters. The lowest BCUT2D eigenvalue weighted by atomic mass is 10.2. The zero-order valence-corrected chi connectivity index (χ0v) is 22.4. The highest BCUT2D eigenvalue weighted by molar-refractivity contribution is 7.93. The number of benzene rings is 1. The number of guanidine groups is 1. The van der Waals surface area contributed by atoms with Crippen LogP contribution < -0.4 is 27.1 Å². The van der Waals surface area contributed by atoms with Crippen molar-refractivity contribution in [1.29, 1.82) is 0 Å². The number of aromatic nitrogens is 2. The van der Waals surface area contributed by atoms with Gasteiger partial charge >= 0.3 is 12.1 Å². The van der Waals surface area contributed by atoms with Crippen LogP contribution in [0.25, 0.3) is 10.9 Å². The van der Waals surface area contributed by atoms with Crippen molar-refractivity contribution in [1.82, 2.24) is 14.9 Å². The van der Waals surface area contributed by atoms with Gasteiger partial charge < -0.3 is 31.3 Å². The molecule has 0 radical (unpaired) electrons. The molecule has 0 aliphatic rings. The molecule has 7 N–H and O–H groups in total. The molecule has 0 aliphatic heterocycles. The molecule has 3 aromatic rings. The van der Waals surface area contributed by atoms with E-state index in [2.05, 4.69) is 20.2 Å². The Morgan fingerprint density at radius 3 is 2.44 bits per heavy atom. The molecule has 41 heavy (non-hydrogen) atoms. The van der Waals surface area contributed by atoms with Crippen LogP contribution in [0.5, 0.6) is 0 Å². The van der Waals surface area contributed by atoms with Crippen LogP contribution in [0.1, 0.15) is 11.3 Å². The highest BCUT2D eigenvalue weighted by Gasteiger charge is 2.38. The first-order chi connectivity index (χ1) is 19.0. The Hall–Kier alpha value is -4.87. The van der Waals surface area contributed by atoms with Gasteiger partial charge in [-0.2, -0.15) is 13.2 Å². The molecule has 0 fully saturated rings. The summed E-state index contributed by atoms with van der Waals surface area (Å²) >= 11 is 0. The van der Waals surface area contributed by atoms with E-state index in [0.29, 0.717) is 11.1 Å². The summed E-state index contributed by atoms with van der Waals surface area (Å²) in [5.41, 5.74) is 11.0. The van der Waals surface area contributed by atoms with E-state index in [9.17, 15) is 31.2 Å². The van der Waals surface area contributed by atoms with Gasteiger partial charge in [-0.1, -0.05) is 12.1 Å². The average molecular weight is 602 g/mol. The lowest BCUT2D eigenvalue weighted by Gasteiger charge is -2.14. The Kier molecular flexibility index (Phi) is 10.6. The van der Waals surface area contributed by atoms with Gasteiger partial charge in [-0.15, -0.1) is 0 Å². The summed E-state index contributed by atoms with van der Waals surface area (Å²) in [5, 5.41) is 13.7. The summed E-state index contributed by atoms with van der Waals surface area (Å²) in [6.07, 6.45) is -3.51. The molecule has 0 spiro atoms. The Balaban J connectivity index is 0.000000745. The molecular weight excluding hydrogens is 575 g/mol. The van der Waals surface area contributed by atoms with E-state index >= 15 is 0 Å². The standard InChI is InChI=1S/C21H25N7O5S.C2HF3O2/c1-13-10-15-4-3-5-17(19(15)25-11-13)34(31,32)27-16-7-6-14(2)28(20(16)30)12-18(29)24-8-9-33-26-21(22)23;3-2(4,5)1(6)7/h3-7,10-11,27H,8-9,12H2,1-2H3,(H,24,29)(H4,22,23,26);(H,6,7). The highest BCUT2D eigenvalue weighted by Crippen LogP contribution is 2.23. The molecule has 2 heterocycles. The first-order valence-electron chi connectivity index (χ1n) is 11.4. The number of hydrogen-bond donors (Lipinski definition) is 5. The average Bonchev–Trinajstić information content (AvgIpc) is 2.87. The number of nitrogens with zero attached hydrogens (tertiary/aromatic N) is 3. The van der Waals surface area contributed by atoms with Crippen LogP contribution in [0.3, 0.4) is 0 Å². The molecule has 1 aromatic carbocycles. The van der Waals surface area contributed by atoms with Crippen LogP contribution in [-0.2, 0) is 31.0 Å². The normalized spacial score (nSPS) is 11.1. The Bertz CT molecular complexity index is 1620. The fourth-order valence-corrected chi connectivity index (χ4v) is 4.40. The van der Waals surface area contributed by atoms with Crippen molar-refractivity contribution in [3.05, 3.63) is 64.2 Å². The Morgan fingerprint density at radius 1 is 1.17 bits per heavy atom. The number of fused-ring (bicyclic) bond motifs is 1. The van der Waals surface area contributed by atoms with Crippen LogP contribution >= 0.6 is 0 Å². The summed E-state index contributed by atoms with van der Waals surface area (Å²) in [7, 11) is -4.14. The smallest absolute Gasteiger partial charge is 0.475 e. The molecule has 1 amide bonds. The van der Waals surface area contributed by atoms with E-state index in [4.69, 9.17) is 26.2 Å². The van der Waals surface area contributed by atoms with E-state index in [0.717, 1.165) is 10.1 Å². The largest absolute Gasteiger partial charge is 0.490 e. The number of carboxylic acids is 1. The molecule has 2 aromatic heterocycles. The maximum Gasteiger partial charge on any atom is 0.490 e. The van der Waals surface area contributed by atoms with Gasteiger partial charge in [0.05, 0.1) is 12.1 Å². The van der Waals surface area contributed by atoms with Gasteiger partial charge in [-0.25, -0.2) is 13.2 Å². The lowest BCUT2D eigenvalue weighted by Crippen LogP contribution is -2.36. The molecule has 0 saturated heterocycles. The monoisotopic (exact) mass is 601 g/mol. The highest BCUT2D eigenvalue weighted by atomic mass is 32.2. The third-order valence-electron chi connectivity index (χ3n) is 4.97. The number of oxime groups is 1. The second kappa shape index (κ2) is 13.5. The summed E-state index contributed by atoms with van der Waals surface area (Å²) in [6.45, 7) is 3.29. The van der Waals surface area contributed by atoms with Crippen molar-refractivity contribution >= 4 is 44.4 Å². The molecule has 0 aliphatic carbocycles. The molecule has 222 valence electrons. The van der Waals surface area contributed by atoms with Crippen molar-refractivity contribution in [2.24, 2.45) is 16.6 Å². The van der Waals surface area contributed by atoms with Gasteiger partial charge in [0.15, 0.2) is 0 Å². The maximum atomic E-state index is 13.1. The third kappa shape index (κ3) is 9.38. The van der Waals surface area contributed by atoms with Crippen LogP contribution in [-0.4, -0.2) is 60.2 Å². The van der Waals surface area contributed by atoms with Crippen LogP contribution in [0.4, 0.5) is 18.9 Å². The quantitative estimate of drug-likeness (QED) is 0.100. The number of carbonyl (C=O) groups is 2. The number of halogens is 3. The van der Waals surface area contributed by atoms with Gasteiger partial charge in [0.1, 0.15) is 23.7 Å². The summed E-state index contributed by atoms with van der Waals surface area (Å²) in [6, 6.07) is 9.49. The molecule has 0 saturated carbocycles. The number of hydrogen-bond acceptors (Lipinski definition) is 8. The van der Waals surface area contributed by atoms with Crippen molar-refractivity contribution < 1.29 is 41.1 Å². The van der Waals surface area contributed by atoms with Gasteiger partial charge in [0.25, 0.3) is 15.6 Å². The second-order valence-electron chi connectivity index (χ2n) is 8.23. The van der Waals surface area contributed by atoms with E-state index in [1.54, 1.807) is 31.3 Å². The minimum absolute atomic E-state index is 0.0238. The number of nitrogens with two attached hydrogens (primary N) is 2. The van der Waals surface area contributed by atoms with Crippen molar-refractivity contribution in [2.45, 2.75) is 31.5 Å². The van der Waals surface area contributed by atoms with Crippen molar-refractivity contribution in [3.63, 3.8) is 0 Å². The topological polar surface area (TPSA) is 221 Å². The Labute approximate surface area is 230 Å². The summed E-state index contributed by atoms with van der Waals surface area (Å²) in [4.78, 5) is 43.1. The predicted octanol–water partition coefficient (Wildman–Crippen LogP) is 0.769. The van der Waals surface area contributed by atoms with Gasteiger partial charge in [0, 0.05) is 17.3 Å². The van der Waals surface area contributed by atoms with Crippen LogP contribution in [0, 0.1) is 13.8 Å². The van der Waals surface area contributed by atoms with Crippen molar-refractivity contribution in [3.8, 4) is 0 Å². The van der Waals surface area contributed by atoms with E-state index in [1.807, 2.05) is 13.0 Å². The predicted molar refractivity (Wildman–Crippen MR) is 141 cm³/mol. The zero-order valence-electron chi connectivity index (χ0n) is 21.6. The van der Waals surface area contributed by atoms with E-state index in [1.165, 1.54) is 12.1 Å². The number of aliphatic carboxylic acids is 1. The third-order valence-corrected chi connectivity index (χ3v) is 6.36. The van der Waals surface area contributed by atoms with Gasteiger partial charge in [-0.3, -0.25) is 19.3 Å². The van der Waals surface area contributed by atoms with Crippen LogP contribution in [0.15, 0.2) is 57.4 Å². The van der Waals surface area contributed by atoms with Gasteiger partial charge in [0.2, 0.25) is 11.9 Å². The number of sulfonamides is 1.